The average Bonchev–Trinajstić information content (AvgIpc) is 3.49. The molecule has 3 aromatic rings. The maximum Gasteiger partial charge on any atom is 0.453 e. The number of amides is 1. The number of hydrogen-bond donors (Lipinski definition) is 0. The van der Waals surface area contributed by atoms with Gasteiger partial charge in [-0.15, -0.1) is 5.10 Å². The first-order valence-corrected chi connectivity index (χ1v) is 13.1. The highest BCUT2D eigenvalue weighted by Crippen LogP contribution is 2.35. The molecular weight excluding hydrogens is 539 g/mol. The van der Waals surface area contributed by atoms with E-state index in [0.29, 0.717) is 49.6 Å². The van der Waals surface area contributed by atoms with Gasteiger partial charge in [-0.1, -0.05) is 37.8 Å². The molecule has 1 aromatic heterocycles. The quantitative estimate of drug-likeness (QED) is 0.411. The molecule has 1 saturated carbocycles. The number of ether oxygens (including phenoxy) is 1. The summed E-state index contributed by atoms with van der Waals surface area (Å²) in [7, 11) is 0. The van der Waals surface area contributed by atoms with Gasteiger partial charge in [0.1, 0.15) is 24.0 Å². The van der Waals surface area contributed by atoms with Crippen molar-refractivity contribution in [2.75, 3.05) is 6.54 Å². The number of ketones is 2. The number of benzene rings is 2. The number of fused-ring (bicyclic) bond motifs is 2. The molecule has 41 heavy (non-hydrogen) atoms. The summed E-state index contributed by atoms with van der Waals surface area (Å²) in [6.07, 6.45) is -4.06. The standard InChI is InChI=1S/C28H26F3N5O4.CH4/c29-28(30,31)27-32-25-15-34(9-10-36(25)33-27)13-17-3-1-4-18(11-17)16-40-24-6-2-5-20-21(24)14-35(26(20)39)22-8-7-19(37)12-23(22)38;/h1-6,11,22H,7-10,12-16H2;1H4. The van der Waals surface area contributed by atoms with Crippen LogP contribution < -0.4 is 4.74 Å². The molecule has 3 heterocycles. The fourth-order valence-corrected chi connectivity index (χ4v) is 5.58. The zero-order valence-electron chi connectivity index (χ0n) is 21.5. The molecule has 216 valence electrons. The lowest BCUT2D eigenvalue weighted by molar-refractivity contribution is -0.145. The van der Waals surface area contributed by atoms with E-state index in [-0.39, 0.29) is 51.0 Å². The SMILES string of the molecule is C.O=C1CCC(N2Cc3c(OCc4cccc(CN5CCn6nc(C(F)(F)F)nc6C5)c4)cccc3C2=O)C(=O)C1. The third-order valence-electron chi connectivity index (χ3n) is 7.56. The summed E-state index contributed by atoms with van der Waals surface area (Å²) < 4.78 is 46.4. The molecule has 1 fully saturated rings. The van der Waals surface area contributed by atoms with E-state index >= 15 is 0 Å². The van der Waals surface area contributed by atoms with Crippen molar-refractivity contribution in [2.24, 2.45) is 0 Å². The second kappa shape index (κ2) is 11.1. The smallest absolute Gasteiger partial charge is 0.453 e. The van der Waals surface area contributed by atoms with E-state index in [1.807, 2.05) is 29.2 Å². The summed E-state index contributed by atoms with van der Waals surface area (Å²) in [6.45, 7) is 2.18. The average molecular weight is 570 g/mol. The van der Waals surface area contributed by atoms with E-state index in [1.165, 1.54) is 4.68 Å². The lowest BCUT2D eigenvalue weighted by atomic mass is 9.92. The molecule has 1 aliphatic carbocycles. The first kappa shape index (κ1) is 28.5. The lowest BCUT2D eigenvalue weighted by Gasteiger charge is -2.29. The third-order valence-corrected chi connectivity index (χ3v) is 7.56. The minimum atomic E-state index is -4.57. The topological polar surface area (TPSA) is 97.6 Å². The van der Waals surface area contributed by atoms with Crippen molar-refractivity contribution in [3.63, 3.8) is 0 Å². The maximum absolute atomic E-state index is 13.1. The van der Waals surface area contributed by atoms with E-state index in [1.54, 1.807) is 23.1 Å². The van der Waals surface area contributed by atoms with Crippen molar-refractivity contribution >= 4 is 17.5 Å². The van der Waals surface area contributed by atoms with Gasteiger partial charge in [0.25, 0.3) is 11.7 Å². The molecule has 9 nitrogen and oxygen atoms in total. The van der Waals surface area contributed by atoms with Crippen LogP contribution in [0.5, 0.6) is 5.75 Å². The number of rotatable bonds is 6. The lowest BCUT2D eigenvalue weighted by Crippen LogP contribution is -2.44. The van der Waals surface area contributed by atoms with Crippen molar-refractivity contribution in [3.8, 4) is 5.75 Å². The molecular formula is C29H30F3N5O4. The molecule has 2 aromatic carbocycles. The molecule has 1 atom stereocenters. The van der Waals surface area contributed by atoms with Crippen LogP contribution in [0.4, 0.5) is 13.2 Å². The zero-order valence-corrected chi connectivity index (χ0v) is 21.5. The number of hydrogen-bond acceptors (Lipinski definition) is 7. The number of alkyl halides is 3. The van der Waals surface area contributed by atoms with Crippen molar-refractivity contribution in [2.45, 2.75) is 71.7 Å². The van der Waals surface area contributed by atoms with Crippen LogP contribution in [0.1, 0.15) is 65.4 Å². The number of halogens is 3. The number of aromatic nitrogens is 3. The Balaban J connectivity index is 0.00000337. The van der Waals surface area contributed by atoms with Crippen LogP contribution in [-0.2, 0) is 48.6 Å². The molecule has 3 aliphatic rings. The molecule has 2 aliphatic heterocycles. The van der Waals surface area contributed by atoms with Gasteiger partial charge in [0.15, 0.2) is 5.78 Å². The second-order valence-electron chi connectivity index (χ2n) is 10.3. The summed E-state index contributed by atoms with van der Waals surface area (Å²) in [5.41, 5.74) is 3.11. The molecule has 6 rings (SSSR count). The summed E-state index contributed by atoms with van der Waals surface area (Å²) in [5, 5.41) is 3.58. The second-order valence-corrected chi connectivity index (χ2v) is 10.3. The highest BCUT2D eigenvalue weighted by molar-refractivity contribution is 6.07. The predicted molar refractivity (Wildman–Crippen MR) is 141 cm³/mol. The first-order chi connectivity index (χ1) is 19.2. The van der Waals surface area contributed by atoms with Crippen LogP contribution in [0.2, 0.25) is 0 Å². The molecule has 12 heteroatoms. The number of nitrogens with zero attached hydrogens (tertiary/aromatic N) is 5. The van der Waals surface area contributed by atoms with Crippen LogP contribution in [0.25, 0.3) is 0 Å². The number of Topliss-reactive ketones (excluding diaryl/α,β-unsaturated/α-hetero) is 2. The van der Waals surface area contributed by atoms with Crippen LogP contribution in [0.15, 0.2) is 42.5 Å². The van der Waals surface area contributed by atoms with Gasteiger partial charge in [0, 0.05) is 30.6 Å². The molecule has 0 saturated heterocycles. The van der Waals surface area contributed by atoms with Gasteiger partial charge in [-0.2, -0.15) is 13.2 Å². The number of carbonyl (C=O) groups is 3. The van der Waals surface area contributed by atoms with Crippen LogP contribution in [-0.4, -0.2) is 54.6 Å². The Labute approximate surface area is 234 Å². The van der Waals surface area contributed by atoms with Gasteiger partial charge >= 0.3 is 6.18 Å². The Morgan fingerprint density at radius 1 is 1.00 bits per heavy atom. The van der Waals surface area contributed by atoms with Crippen molar-refractivity contribution in [1.82, 2.24) is 24.6 Å². The van der Waals surface area contributed by atoms with Gasteiger partial charge in [-0.05, 0) is 29.7 Å². The van der Waals surface area contributed by atoms with Gasteiger partial charge in [0.2, 0.25) is 0 Å². The Morgan fingerprint density at radius 2 is 1.78 bits per heavy atom. The van der Waals surface area contributed by atoms with E-state index in [0.717, 1.165) is 16.7 Å². The molecule has 0 radical (unpaired) electrons. The zero-order chi connectivity index (χ0) is 28.0. The fraction of sp³-hybridized carbons (Fsp3) is 0.414. The fourth-order valence-electron chi connectivity index (χ4n) is 5.58. The van der Waals surface area contributed by atoms with E-state index < -0.39 is 18.0 Å². The minimum Gasteiger partial charge on any atom is -0.489 e. The molecule has 1 amide bonds. The largest absolute Gasteiger partial charge is 0.489 e. The van der Waals surface area contributed by atoms with Gasteiger partial charge in [0.05, 0.1) is 32.1 Å². The normalized spacial score (nSPS) is 19.1. The predicted octanol–water partition coefficient (Wildman–Crippen LogP) is 4.17. The Morgan fingerprint density at radius 3 is 2.56 bits per heavy atom. The Bertz CT molecular complexity index is 1500. The summed E-state index contributed by atoms with van der Waals surface area (Å²) in [5.74, 6) is -0.784. The summed E-state index contributed by atoms with van der Waals surface area (Å²) in [4.78, 5) is 44.4. The van der Waals surface area contributed by atoms with E-state index in [4.69, 9.17) is 4.74 Å². The van der Waals surface area contributed by atoms with E-state index in [9.17, 15) is 27.6 Å². The van der Waals surface area contributed by atoms with Crippen LogP contribution in [0.3, 0.4) is 0 Å². The van der Waals surface area contributed by atoms with Crippen LogP contribution >= 0.6 is 0 Å². The van der Waals surface area contributed by atoms with Gasteiger partial charge in [-0.3, -0.25) is 19.3 Å². The Hall–Kier alpha value is -4.06. The molecule has 0 spiro atoms. The highest BCUT2D eigenvalue weighted by Gasteiger charge is 2.40. The molecule has 0 bridgehead atoms. The van der Waals surface area contributed by atoms with E-state index in [2.05, 4.69) is 10.1 Å². The minimum absolute atomic E-state index is 0. The third kappa shape index (κ3) is 5.74. The van der Waals surface area contributed by atoms with Crippen LogP contribution in [0, 0.1) is 0 Å². The monoisotopic (exact) mass is 569 g/mol. The molecule has 1 unspecified atom stereocenters. The summed E-state index contributed by atoms with van der Waals surface area (Å²) in [6, 6.07) is 12.4. The van der Waals surface area contributed by atoms with Crippen molar-refractivity contribution < 1.29 is 32.3 Å². The van der Waals surface area contributed by atoms with Gasteiger partial charge in [-0.25, -0.2) is 9.67 Å². The molecule has 0 N–H and O–H groups in total. The number of carbonyl (C=O) groups excluding carboxylic acids is 3. The van der Waals surface area contributed by atoms with Crippen molar-refractivity contribution in [3.05, 3.63) is 76.4 Å². The first-order valence-electron chi connectivity index (χ1n) is 13.1. The van der Waals surface area contributed by atoms with Crippen molar-refractivity contribution in [1.29, 1.82) is 0 Å². The summed E-state index contributed by atoms with van der Waals surface area (Å²) >= 11 is 0. The Kier molecular flexibility index (Phi) is 7.69. The van der Waals surface area contributed by atoms with Gasteiger partial charge < -0.3 is 9.64 Å². The highest BCUT2D eigenvalue weighted by atomic mass is 19.4. The maximum atomic E-state index is 13.1.